The molecule has 0 aliphatic carbocycles. The number of ether oxygens (including phenoxy) is 1. The lowest BCUT2D eigenvalue weighted by Gasteiger charge is -2.32. The molecule has 1 heterocycles. The molecule has 0 atom stereocenters. The topological polar surface area (TPSA) is 85.3 Å². The Hall–Kier alpha value is -2.55. The van der Waals surface area contributed by atoms with Crippen molar-refractivity contribution in [3.05, 3.63) is 52.5 Å². The first-order chi connectivity index (χ1) is 15.8. The van der Waals surface area contributed by atoms with E-state index in [2.05, 4.69) is 0 Å². The minimum absolute atomic E-state index is 0.0356. The highest BCUT2D eigenvalue weighted by Gasteiger charge is 2.52. The van der Waals surface area contributed by atoms with Crippen LogP contribution in [0.2, 0.25) is 5.02 Å². The van der Waals surface area contributed by atoms with Crippen molar-refractivity contribution in [3.8, 4) is 5.75 Å². The molecule has 9 heteroatoms. The maximum atomic E-state index is 13.6. The summed E-state index contributed by atoms with van der Waals surface area (Å²) in [6, 6.07) is 10.8. The number of nitrogens with zero attached hydrogens (tertiary/aromatic N) is 1. The summed E-state index contributed by atoms with van der Waals surface area (Å²) >= 11 is 6.60. The number of rotatable bonds is 8. The summed E-state index contributed by atoms with van der Waals surface area (Å²) in [5, 5.41) is 9.23. The standard InChI is InChI=1S/C25H31BClNO6/c1-16-10-7-8-11-20(16)28(6)23(31)17-14-18(26-33-24(2,3)25(4,5)34-26)19(27)15-21(17)32-13-9-12-22(29)30/h7-8,10-11,14-15H,9,12-13H2,1-6H3,(H,29,30). The molecule has 2 aromatic carbocycles. The van der Waals surface area contributed by atoms with Gasteiger partial charge in [-0.25, -0.2) is 0 Å². The van der Waals surface area contributed by atoms with Crippen LogP contribution in [0.15, 0.2) is 36.4 Å². The molecule has 34 heavy (non-hydrogen) atoms. The number of hydrogen-bond donors (Lipinski definition) is 1. The minimum Gasteiger partial charge on any atom is -0.493 e. The molecule has 3 rings (SSSR count). The molecule has 1 N–H and O–H groups in total. The zero-order valence-corrected chi connectivity index (χ0v) is 21.2. The van der Waals surface area contributed by atoms with Gasteiger partial charge in [-0.1, -0.05) is 29.8 Å². The Bertz CT molecular complexity index is 1070. The van der Waals surface area contributed by atoms with Crippen molar-refractivity contribution in [2.45, 2.75) is 58.7 Å². The Morgan fingerprint density at radius 1 is 1.12 bits per heavy atom. The van der Waals surface area contributed by atoms with Gasteiger partial charge in [-0.2, -0.15) is 0 Å². The maximum absolute atomic E-state index is 13.6. The Labute approximate surface area is 206 Å². The molecular weight excluding hydrogens is 457 g/mol. The van der Waals surface area contributed by atoms with E-state index in [-0.39, 0.29) is 30.2 Å². The predicted octanol–water partition coefficient (Wildman–Crippen LogP) is 4.47. The summed E-state index contributed by atoms with van der Waals surface area (Å²) in [5.41, 5.74) is 1.37. The number of carbonyl (C=O) groups excluding carboxylic acids is 1. The molecule has 1 aliphatic heterocycles. The molecule has 0 spiro atoms. The lowest BCUT2D eigenvalue weighted by molar-refractivity contribution is -0.137. The molecule has 0 saturated carbocycles. The van der Waals surface area contributed by atoms with E-state index in [1.165, 1.54) is 0 Å². The van der Waals surface area contributed by atoms with Crippen LogP contribution in [-0.4, -0.2) is 49.0 Å². The molecule has 2 aromatic rings. The van der Waals surface area contributed by atoms with Crippen LogP contribution in [0.25, 0.3) is 0 Å². The monoisotopic (exact) mass is 487 g/mol. The van der Waals surface area contributed by atoms with Crippen molar-refractivity contribution in [1.29, 1.82) is 0 Å². The zero-order chi connectivity index (χ0) is 25.3. The van der Waals surface area contributed by atoms with Crippen molar-refractivity contribution in [2.75, 3.05) is 18.6 Å². The van der Waals surface area contributed by atoms with Crippen LogP contribution in [0.4, 0.5) is 5.69 Å². The smallest absolute Gasteiger partial charge is 0.493 e. The van der Waals surface area contributed by atoms with Crippen LogP contribution in [0, 0.1) is 6.92 Å². The number of amides is 1. The lowest BCUT2D eigenvalue weighted by Crippen LogP contribution is -2.41. The normalized spacial score (nSPS) is 16.4. The highest BCUT2D eigenvalue weighted by Crippen LogP contribution is 2.38. The van der Waals surface area contributed by atoms with Gasteiger partial charge in [-0.15, -0.1) is 0 Å². The number of hydrogen-bond acceptors (Lipinski definition) is 5. The summed E-state index contributed by atoms with van der Waals surface area (Å²) in [7, 11) is 0.941. The SMILES string of the molecule is Cc1ccccc1N(C)C(=O)c1cc(B2OC(C)(C)C(C)(C)O2)c(Cl)cc1OCCCC(=O)O. The van der Waals surface area contributed by atoms with Crippen LogP contribution >= 0.6 is 11.6 Å². The number of carbonyl (C=O) groups is 2. The van der Waals surface area contributed by atoms with Gasteiger partial charge in [0, 0.05) is 29.6 Å². The van der Waals surface area contributed by atoms with Gasteiger partial charge in [0.1, 0.15) is 5.75 Å². The number of benzene rings is 2. The van der Waals surface area contributed by atoms with Crippen molar-refractivity contribution in [2.24, 2.45) is 0 Å². The average Bonchev–Trinajstić information content (AvgIpc) is 2.97. The number of carboxylic acid groups (broad SMARTS) is 1. The number of carboxylic acids is 1. The van der Waals surface area contributed by atoms with Crippen molar-refractivity contribution in [3.63, 3.8) is 0 Å². The fourth-order valence-electron chi connectivity index (χ4n) is 3.64. The molecule has 1 amide bonds. The Morgan fingerprint density at radius 2 is 1.74 bits per heavy atom. The molecule has 0 aromatic heterocycles. The summed E-state index contributed by atoms with van der Waals surface area (Å²) in [6.07, 6.45) is 0.263. The minimum atomic E-state index is -0.909. The second-order valence-electron chi connectivity index (χ2n) is 9.45. The molecule has 7 nitrogen and oxygen atoms in total. The fraction of sp³-hybridized carbons (Fsp3) is 0.440. The van der Waals surface area contributed by atoms with Crippen molar-refractivity contribution >= 4 is 41.7 Å². The fourth-order valence-corrected chi connectivity index (χ4v) is 3.89. The highest BCUT2D eigenvalue weighted by atomic mass is 35.5. The third kappa shape index (κ3) is 5.40. The molecule has 0 bridgehead atoms. The van der Waals surface area contributed by atoms with E-state index in [1.807, 2.05) is 58.9 Å². The summed E-state index contributed by atoms with van der Waals surface area (Å²) in [5.74, 6) is -0.925. The summed E-state index contributed by atoms with van der Waals surface area (Å²) in [6.45, 7) is 9.84. The van der Waals surface area contributed by atoms with Crippen molar-refractivity contribution in [1.82, 2.24) is 0 Å². The molecular formula is C25H31BClNO6. The van der Waals surface area contributed by atoms with Gasteiger partial charge in [-0.05, 0) is 64.8 Å². The number of aryl methyl sites for hydroxylation is 1. The first-order valence-electron chi connectivity index (χ1n) is 11.2. The molecule has 0 radical (unpaired) electrons. The molecule has 1 aliphatic rings. The molecule has 182 valence electrons. The zero-order valence-electron chi connectivity index (χ0n) is 20.5. The van der Waals surface area contributed by atoms with Gasteiger partial charge in [0.15, 0.2) is 0 Å². The van der Waals surface area contributed by atoms with E-state index in [9.17, 15) is 9.59 Å². The molecule has 0 unspecified atom stereocenters. The van der Waals surface area contributed by atoms with Gasteiger partial charge in [0.05, 0.1) is 23.4 Å². The van der Waals surface area contributed by atoms with E-state index in [1.54, 1.807) is 24.1 Å². The van der Waals surface area contributed by atoms with Gasteiger partial charge in [0.2, 0.25) is 0 Å². The van der Waals surface area contributed by atoms with Gasteiger partial charge in [0.25, 0.3) is 5.91 Å². The van der Waals surface area contributed by atoms with Gasteiger partial charge >= 0.3 is 13.1 Å². The lowest BCUT2D eigenvalue weighted by atomic mass is 9.78. The largest absolute Gasteiger partial charge is 0.496 e. The van der Waals surface area contributed by atoms with E-state index in [0.29, 0.717) is 16.9 Å². The molecule has 1 fully saturated rings. The van der Waals surface area contributed by atoms with Crippen LogP contribution < -0.4 is 15.1 Å². The van der Waals surface area contributed by atoms with Crippen molar-refractivity contribution < 1.29 is 28.7 Å². The van der Waals surface area contributed by atoms with E-state index in [4.69, 9.17) is 30.8 Å². The van der Waals surface area contributed by atoms with Crippen LogP contribution in [-0.2, 0) is 14.1 Å². The highest BCUT2D eigenvalue weighted by molar-refractivity contribution is 6.65. The Balaban J connectivity index is 1.99. The average molecular weight is 488 g/mol. The second kappa shape index (κ2) is 9.98. The van der Waals surface area contributed by atoms with E-state index >= 15 is 0 Å². The first kappa shape index (κ1) is 26.1. The quantitative estimate of drug-likeness (QED) is 0.437. The maximum Gasteiger partial charge on any atom is 0.496 e. The van der Waals surface area contributed by atoms with Crippen LogP contribution in [0.3, 0.4) is 0 Å². The Kier molecular flexibility index (Phi) is 7.65. The number of aliphatic carboxylic acids is 1. The van der Waals surface area contributed by atoms with Crippen LogP contribution in [0.1, 0.15) is 56.5 Å². The third-order valence-electron chi connectivity index (χ3n) is 6.41. The first-order valence-corrected chi connectivity index (χ1v) is 11.6. The van der Waals surface area contributed by atoms with Gasteiger partial charge in [-0.3, -0.25) is 9.59 Å². The number of anilines is 1. The van der Waals surface area contributed by atoms with Crippen LogP contribution in [0.5, 0.6) is 5.75 Å². The van der Waals surface area contributed by atoms with E-state index in [0.717, 1.165) is 11.3 Å². The Morgan fingerprint density at radius 3 is 2.32 bits per heavy atom. The summed E-state index contributed by atoms with van der Waals surface area (Å²) in [4.78, 5) is 26.0. The third-order valence-corrected chi connectivity index (χ3v) is 6.74. The van der Waals surface area contributed by atoms with E-state index < -0.39 is 24.3 Å². The summed E-state index contributed by atoms with van der Waals surface area (Å²) < 4.78 is 18.1. The molecule has 1 saturated heterocycles. The second-order valence-corrected chi connectivity index (χ2v) is 9.86. The van der Waals surface area contributed by atoms with Gasteiger partial charge < -0.3 is 24.1 Å². The predicted molar refractivity (Wildman–Crippen MR) is 133 cm³/mol. The number of para-hydroxylation sites is 1. The number of halogens is 1.